The molecule has 0 fully saturated rings. The van der Waals surface area contributed by atoms with E-state index in [0.29, 0.717) is 19.3 Å². The summed E-state index contributed by atoms with van der Waals surface area (Å²) in [5, 5.41) is 0. The van der Waals surface area contributed by atoms with Crippen LogP contribution >= 0.6 is 0 Å². The van der Waals surface area contributed by atoms with E-state index in [1.807, 2.05) is 0 Å². The highest BCUT2D eigenvalue weighted by Gasteiger charge is 2.19. The third-order valence-corrected chi connectivity index (χ3v) is 13.4. The van der Waals surface area contributed by atoms with Crippen LogP contribution in [0.1, 0.15) is 329 Å². The van der Waals surface area contributed by atoms with E-state index in [2.05, 4.69) is 45.1 Å². The van der Waals surface area contributed by atoms with Crippen LogP contribution in [0.15, 0.2) is 24.3 Å². The van der Waals surface area contributed by atoms with Crippen molar-refractivity contribution >= 4 is 17.9 Å². The minimum absolute atomic E-state index is 0.0705. The molecule has 0 saturated heterocycles. The molecule has 0 heterocycles. The first-order chi connectivity index (χ1) is 33.0. The summed E-state index contributed by atoms with van der Waals surface area (Å²) in [5.74, 6) is -0.868. The molecule has 6 heteroatoms. The molecule has 6 nitrogen and oxygen atoms in total. The molecule has 0 aromatic carbocycles. The molecule has 0 N–H and O–H groups in total. The van der Waals surface area contributed by atoms with Gasteiger partial charge in [0, 0.05) is 19.3 Å². The van der Waals surface area contributed by atoms with E-state index in [4.69, 9.17) is 14.2 Å². The van der Waals surface area contributed by atoms with Crippen LogP contribution in [0.2, 0.25) is 0 Å². The van der Waals surface area contributed by atoms with Gasteiger partial charge in [-0.3, -0.25) is 14.4 Å². The fourth-order valence-electron chi connectivity index (χ4n) is 8.91. The molecule has 0 aromatic rings. The van der Waals surface area contributed by atoms with Crippen molar-refractivity contribution in [1.82, 2.24) is 0 Å². The summed E-state index contributed by atoms with van der Waals surface area (Å²) in [6.45, 7) is 6.63. The molecule has 0 saturated carbocycles. The number of unbranched alkanes of at least 4 members (excludes halogenated alkanes) is 40. The molecule has 0 aromatic heterocycles. The van der Waals surface area contributed by atoms with Crippen LogP contribution in [0.3, 0.4) is 0 Å². The van der Waals surface area contributed by atoms with Crippen molar-refractivity contribution < 1.29 is 28.6 Å². The Morgan fingerprint density at radius 1 is 0.284 bits per heavy atom. The molecular formula is C61H114O6. The quantitative estimate of drug-likeness (QED) is 0.0262. The van der Waals surface area contributed by atoms with Crippen molar-refractivity contribution in [3.8, 4) is 0 Å². The molecule has 0 aliphatic heterocycles. The monoisotopic (exact) mass is 943 g/mol. The van der Waals surface area contributed by atoms with E-state index < -0.39 is 6.10 Å². The molecule has 0 radical (unpaired) electrons. The second-order valence-corrected chi connectivity index (χ2v) is 20.3. The summed E-state index contributed by atoms with van der Waals surface area (Å²) in [5.41, 5.74) is 0. The van der Waals surface area contributed by atoms with Gasteiger partial charge in [0.15, 0.2) is 6.10 Å². The minimum Gasteiger partial charge on any atom is -0.462 e. The first-order valence-electron chi connectivity index (χ1n) is 29.8. The van der Waals surface area contributed by atoms with Crippen LogP contribution in [-0.4, -0.2) is 37.2 Å². The lowest BCUT2D eigenvalue weighted by molar-refractivity contribution is -0.167. The fraction of sp³-hybridized carbons (Fsp3) is 0.885. The molecule has 0 amide bonds. The first-order valence-corrected chi connectivity index (χ1v) is 29.8. The lowest BCUT2D eigenvalue weighted by Crippen LogP contribution is -2.30. The molecule has 67 heavy (non-hydrogen) atoms. The molecule has 0 rings (SSSR count). The van der Waals surface area contributed by atoms with E-state index in [-0.39, 0.29) is 31.1 Å². The van der Waals surface area contributed by atoms with Crippen LogP contribution in [0.5, 0.6) is 0 Å². The van der Waals surface area contributed by atoms with Gasteiger partial charge in [-0.2, -0.15) is 0 Å². The molecular weight excluding hydrogens is 829 g/mol. The van der Waals surface area contributed by atoms with E-state index in [1.165, 1.54) is 225 Å². The predicted molar refractivity (Wildman–Crippen MR) is 289 cm³/mol. The third-order valence-electron chi connectivity index (χ3n) is 13.4. The standard InChI is InChI=1S/C61H114O6/c1-4-7-10-13-16-18-20-22-24-25-26-27-28-29-30-31-32-33-34-35-37-38-40-42-45-48-51-54-60(63)66-57-58(56-65-59(62)53-50-47-44-15-12-9-6-3)67-61(64)55-52-49-46-43-41-39-36-23-21-19-17-14-11-8-5-2/h23,25-26,36,58H,4-22,24,27-35,37-57H2,1-3H3/b26-25-,36-23-. The Morgan fingerprint density at radius 2 is 0.493 bits per heavy atom. The fourth-order valence-corrected chi connectivity index (χ4v) is 8.91. The van der Waals surface area contributed by atoms with E-state index in [0.717, 1.165) is 64.2 Å². The van der Waals surface area contributed by atoms with Gasteiger partial charge < -0.3 is 14.2 Å². The molecule has 0 spiro atoms. The van der Waals surface area contributed by atoms with Gasteiger partial charge in [-0.25, -0.2) is 0 Å². The zero-order chi connectivity index (χ0) is 48.6. The average Bonchev–Trinajstić information content (AvgIpc) is 3.33. The van der Waals surface area contributed by atoms with Gasteiger partial charge in [-0.1, -0.05) is 263 Å². The Labute approximate surface area is 417 Å². The van der Waals surface area contributed by atoms with Crippen LogP contribution in [0.4, 0.5) is 0 Å². The van der Waals surface area contributed by atoms with Crippen LogP contribution in [-0.2, 0) is 28.6 Å². The summed E-state index contributed by atoms with van der Waals surface area (Å²) < 4.78 is 16.8. The predicted octanol–water partition coefficient (Wildman–Crippen LogP) is 19.9. The van der Waals surface area contributed by atoms with Crippen molar-refractivity contribution in [2.75, 3.05) is 13.2 Å². The summed E-state index contributed by atoms with van der Waals surface area (Å²) in [4.78, 5) is 37.9. The van der Waals surface area contributed by atoms with Gasteiger partial charge in [0.05, 0.1) is 0 Å². The van der Waals surface area contributed by atoms with Crippen LogP contribution in [0, 0.1) is 0 Å². The number of esters is 3. The van der Waals surface area contributed by atoms with Crippen LogP contribution < -0.4 is 0 Å². The van der Waals surface area contributed by atoms with E-state index in [1.54, 1.807) is 0 Å². The number of rotatable bonds is 55. The normalized spacial score (nSPS) is 12.1. The molecule has 0 bridgehead atoms. The van der Waals surface area contributed by atoms with Gasteiger partial charge in [0.25, 0.3) is 0 Å². The maximum Gasteiger partial charge on any atom is 0.306 e. The van der Waals surface area contributed by atoms with E-state index in [9.17, 15) is 14.4 Å². The highest BCUT2D eigenvalue weighted by Crippen LogP contribution is 2.17. The van der Waals surface area contributed by atoms with Crippen molar-refractivity contribution in [2.45, 2.75) is 335 Å². The Kier molecular flexibility index (Phi) is 54.7. The molecule has 0 aliphatic carbocycles. The Morgan fingerprint density at radius 3 is 0.746 bits per heavy atom. The molecule has 1 unspecified atom stereocenters. The zero-order valence-electron chi connectivity index (χ0n) is 45.2. The maximum atomic E-state index is 12.8. The van der Waals surface area contributed by atoms with E-state index >= 15 is 0 Å². The van der Waals surface area contributed by atoms with Crippen molar-refractivity contribution in [2.24, 2.45) is 0 Å². The summed E-state index contributed by atoms with van der Waals surface area (Å²) >= 11 is 0. The van der Waals surface area contributed by atoms with Gasteiger partial charge >= 0.3 is 17.9 Å². The van der Waals surface area contributed by atoms with Crippen molar-refractivity contribution in [1.29, 1.82) is 0 Å². The number of carbonyl (C=O) groups is 3. The van der Waals surface area contributed by atoms with Gasteiger partial charge in [0.1, 0.15) is 13.2 Å². The number of hydrogen-bond acceptors (Lipinski definition) is 6. The molecule has 394 valence electrons. The highest BCUT2D eigenvalue weighted by molar-refractivity contribution is 5.71. The first kappa shape index (κ1) is 64.9. The largest absolute Gasteiger partial charge is 0.462 e. The van der Waals surface area contributed by atoms with Crippen molar-refractivity contribution in [3.63, 3.8) is 0 Å². The minimum atomic E-state index is -0.769. The second kappa shape index (κ2) is 56.5. The molecule has 1 atom stereocenters. The van der Waals surface area contributed by atoms with Gasteiger partial charge in [-0.15, -0.1) is 0 Å². The number of hydrogen-bond donors (Lipinski definition) is 0. The Hall–Kier alpha value is -2.11. The lowest BCUT2D eigenvalue weighted by atomic mass is 10.0. The summed E-state index contributed by atoms with van der Waals surface area (Å²) in [6.07, 6.45) is 66.4. The number of carbonyl (C=O) groups excluding carboxylic acids is 3. The molecule has 0 aliphatic rings. The summed E-state index contributed by atoms with van der Waals surface area (Å²) in [7, 11) is 0. The van der Waals surface area contributed by atoms with Crippen molar-refractivity contribution in [3.05, 3.63) is 24.3 Å². The van der Waals surface area contributed by atoms with Gasteiger partial charge in [0.2, 0.25) is 0 Å². The van der Waals surface area contributed by atoms with Gasteiger partial charge in [-0.05, 0) is 70.6 Å². The Balaban J connectivity index is 4.06. The van der Waals surface area contributed by atoms with Crippen LogP contribution in [0.25, 0.3) is 0 Å². The number of ether oxygens (including phenoxy) is 3. The third kappa shape index (κ3) is 54.7. The topological polar surface area (TPSA) is 78.9 Å². The smallest absolute Gasteiger partial charge is 0.306 e. The second-order valence-electron chi connectivity index (χ2n) is 20.3. The summed E-state index contributed by atoms with van der Waals surface area (Å²) in [6, 6.07) is 0. The Bertz CT molecular complexity index is 1080. The average molecular weight is 944 g/mol. The SMILES string of the molecule is CCCCCCCC/C=C\CCCCCCCC(=O)OC(COC(=O)CCCCCCCCC)COC(=O)CCCCCCCCCCCCCCCCC/C=C\CCCCCCCCCC. The zero-order valence-corrected chi connectivity index (χ0v) is 45.2. The highest BCUT2D eigenvalue weighted by atomic mass is 16.6. The maximum absolute atomic E-state index is 12.8. The lowest BCUT2D eigenvalue weighted by Gasteiger charge is -2.18. The number of allylic oxidation sites excluding steroid dienone is 4.